The summed E-state index contributed by atoms with van der Waals surface area (Å²) in [6.07, 6.45) is -0.356. The molecule has 0 radical (unpaired) electrons. The number of aliphatic hydroxyl groups excluding tert-OH is 1. The third-order valence-electron chi connectivity index (χ3n) is 1.85. The van der Waals surface area contributed by atoms with Crippen LogP contribution in [0.5, 0.6) is 0 Å². The Hall–Kier alpha value is -0.0800. The third-order valence-corrected chi connectivity index (χ3v) is 1.85. The number of hydrogen-bond donors (Lipinski definition) is 2. The second kappa shape index (κ2) is 3.85. The van der Waals surface area contributed by atoms with Crippen molar-refractivity contribution >= 4 is 0 Å². The smallest absolute Gasteiger partial charge is 0.107 e. The molecule has 0 saturated carbocycles. The summed E-state index contributed by atoms with van der Waals surface area (Å²) in [5.74, 6) is 0.863. The summed E-state index contributed by atoms with van der Waals surface area (Å²) in [4.78, 5) is 0. The Balaban J connectivity index is 3.58. The first-order valence-corrected chi connectivity index (χ1v) is 3.45. The van der Waals surface area contributed by atoms with Crippen molar-refractivity contribution in [1.29, 1.82) is 0 Å². The molecular formula is C7H17NO. The molecule has 0 aromatic carbocycles. The molecule has 56 valence electrons. The van der Waals surface area contributed by atoms with Crippen molar-refractivity contribution in [2.75, 3.05) is 7.05 Å². The lowest BCUT2D eigenvalue weighted by atomic mass is 9.96. The normalized spacial score (nSPS) is 18.0. The van der Waals surface area contributed by atoms with Gasteiger partial charge in [-0.3, -0.25) is 5.32 Å². The molecule has 0 fully saturated rings. The van der Waals surface area contributed by atoms with Crippen molar-refractivity contribution in [1.82, 2.24) is 5.32 Å². The van der Waals surface area contributed by atoms with Crippen LogP contribution in [-0.4, -0.2) is 18.4 Å². The Morgan fingerprint density at radius 1 is 1.22 bits per heavy atom. The number of aliphatic hydroxyl groups is 1. The minimum Gasteiger partial charge on any atom is -0.378 e. The molecule has 0 heterocycles. The monoisotopic (exact) mass is 131 g/mol. The molecular weight excluding hydrogens is 114 g/mol. The quantitative estimate of drug-likeness (QED) is 0.556. The van der Waals surface area contributed by atoms with Crippen molar-refractivity contribution in [3.63, 3.8) is 0 Å². The molecule has 0 bridgehead atoms. The van der Waals surface area contributed by atoms with E-state index in [-0.39, 0.29) is 6.23 Å². The minimum absolute atomic E-state index is 0.329. The summed E-state index contributed by atoms with van der Waals surface area (Å²) < 4.78 is 0. The molecule has 2 heteroatoms. The van der Waals surface area contributed by atoms with E-state index in [0.29, 0.717) is 11.8 Å². The summed E-state index contributed by atoms with van der Waals surface area (Å²) >= 11 is 0. The zero-order chi connectivity index (χ0) is 7.44. The van der Waals surface area contributed by atoms with E-state index in [1.807, 2.05) is 6.92 Å². The lowest BCUT2D eigenvalue weighted by molar-refractivity contribution is 0.0684. The fraction of sp³-hybridized carbons (Fsp3) is 1.00. The van der Waals surface area contributed by atoms with Crippen LogP contribution in [0.1, 0.15) is 20.8 Å². The highest BCUT2D eigenvalue weighted by Gasteiger charge is 2.14. The van der Waals surface area contributed by atoms with Crippen molar-refractivity contribution in [2.24, 2.45) is 11.8 Å². The summed E-state index contributed by atoms with van der Waals surface area (Å²) in [7, 11) is 1.77. The predicted molar refractivity (Wildman–Crippen MR) is 39.1 cm³/mol. The molecule has 2 nitrogen and oxygen atoms in total. The second-order valence-electron chi connectivity index (χ2n) is 2.84. The zero-order valence-corrected chi connectivity index (χ0v) is 6.68. The third kappa shape index (κ3) is 2.82. The lowest BCUT2D eigenvalue weighted by Gasteiger charge is -2.21. The zero-order valence-electron chi connectivity index (χ0n) is 6.68. The van der Waals surface area contributed by atoms with E-state index in [4.69, 9.17) is 0 Å². The molecule has 0 saturated heterocycles. The van der Waals surface area contributed by atoms with Crippen molar-refractivity contribution in [3.05, 3.63) is 0 Å². The fourth-order valence-electron chi connectivity index (χ4n) is 0.627. The van der Waals surface area contributed by atoms with Crippen LogP contribution in [0.2, 0.25) is 0 Å². The molecule has 0 rings (SSSR count). The SMILES string of the molecule is CNC(O)C(C)C(C)C. The van der Waals surface area contributed by atoms with Gasteiger partial charge in [-0.15, -0.1) is 0 Å². The van der Waals surface area contributed by atoms with Crippen LogP contribution in [0.3, 0.4) is 0 Å². The van der Waals surface area contributed by atoms with E-state index >= 15 is 0 Å². The van der Waals surface area contributed by atoms with Crippen molar-refractivity contribution in [3.8, 4) is 0 Å². The van der Waals surface area contributed by atoms with Crippen LogP contribution in [0.15, 0.2) is 0 Å². The highest BCUT2D eigenvalue weighted by atomic mass is 16.3. The van der Waals surface area contributed by atoms with Crippen molar-refractivity contribution in [2.45, 2.75) is 27.0 Å². The summed E-state index contributed by atoms with van der Waals surface area (Å²) in [5.41, 5.74) is 0. The van der Waals surface area contributed by atoms with Gasteiger partial charge in [-0.1, -0.05) is 20.8 Å². The molecule has 0 aromatic rings. The minimum atomic E-state index is -0.356. The molecule has 2 unspecified atom stereocenters. The standard InChI is InChI=1S/C7H17NO/c1-5(2)6(3)7(9)8-4/h5-9H,1-4H3. The molecule has 2 atom stereocenters. The first-order valence-electron chi connectivity index (χ1n) is 3.45. The lowest BCUT2D eigenvalue weighted by Crippen LogP contribution is -2.34. The Labute approximate surface area is 57.3 Å². The molecule has 9 heavy (non-hydrogen) atoms. The fourth-order valence-corrected chi connectivity index (χ4v) is 0.627. The second-order valence-corrected chi connectivity index (χ2v) is 2.84. The molecule has 0 aliphatic heterocycles. The summed E-state index contributed by atoms with van der Waals surface area (Å²) in [6.45, 7) is 6.24. The van der Waals surface area contributed by atoms with Gasteiger partial charge in [0.15, 0.2) is 0 Å². The number of hydrogen-bond acceptors (Lipinski definition) is 2. The summed E-state index contributed by atoms with van der Waals surface area (Å²) in [6, 6.07) is 0. The van der Waals surface area contributed by atoms with Gasteiger partial charge in [0.2, 0.25) is 0 Å². The predicted octanol–water partition coefficient (Wildman–Crippen LogP) is 0.816. The van der Waals surface area contributed by atoms with Gasteiger partial charge >= 0.3 is 0 Å². The van der Waals surface area contributed by atoms with E-state index in [2.05, 4.69) is 19.2 Å². The van der Waals surface area contributed by atoms with Gasteiger partial charge < -0.3 is 5.11 Å². The van der Waals surface area contributed by atoms with Crippen LogP contribution in [0.25, 0.3) is 0 Å². The van der Waals surface area contributed by atoms with E-state index in [1.165, 1.54) is 0 Å². The van der Waals surface area contributed by atoms with Crippen LogP contribution >= 0.6 is 0 Å². The molecule has 0 aliphatic carbocycles. The first kappa shape index (κ1) is 8.92. The molecule has 2 N–H and O–H groups in total. The Bertz CT molecular complexity index is 73.3. The van der Waals surface area contributed by atoms with Gasteiger partial charge in [-0.25, -0.2) is 0 Å². The molecule has 0 aromatic heterocycles. The van der Waals surface area contributed by atoms with Gasteiger partial charge in [0.25, 0.3) is 0 Å². The molecule has 0 spiro atoms. The highest BCUT2D eigenvalue weighted by molar-refractivity contribution is 4.62. The maximum atomic E-state index is 9.19. The topological polar surface area (TPSA) is 32.3 Å². The average Bonchev–Trinajstić information content (AvgIpc) is 1.84. The van der Waals surface area contributed by atoms with Crippen LogP contribution < -0.4 is 5.32 Å². The van der Waals surface area contributed by atoms with Gasteiger partial charge in [-0.2, -0.15) is 0 Å². The average molecular weight is 131 g/mol. The first-order chi connectivity index (χ1) is 4.09. The van der Waals surface area contributed by atoms with Crippen molar-refractivity contribution < 1.29 is 5.11 Å². The molecule has 0 aliphatic rings. The Morgan fingerprint density at radius 2 is 1.67 bits per heavy atom. The number of rotatable bonds is 3. The van der Waals surface area contributed by atoms with Crippen LogP contribution in [0.4, 0.5) is 0 Å². The van der Waals surface area contributed by atoms with Crippen LogP contribution in [-0.2, 0) is 0 Å². The van der Waals surface area contributed by atoms with Gasteiger partial charge in [0.1, 0.15) is 6.23 Å². The van der Waals surface area contributed by atoms with E-state index in [0.717, 1.165) is 0 Å². The van der Waals surface area contributed by atoms with Crippen LogP contribution in [0, 0.1) is 11.8 Å². The van der Waals surface area contributed by atoms with E-state index in [9.17, 15) is 5.11 Å². The molecule has 0 amide bonds. The maximum absolute atomic E-state index is 9.19. The van der Waals surface area contributed by atoms with E-state index < -0.39 is 0 Å². The maximum Gasteiger partial charge on any atom is 0.107 e. The van der Waals surface area contributed by atoms with Gasteiger partial charge in [0, 0.05) is 0 Å². The number of nitrogens with one attached hydrogen (secondary N) is 1. The largest absolute Gasteiger partial charge is 0.378 e. The van der Waals surface area contributed by atoms with Gasteiger partial charge in [-0.05, 0) is 18.9 Å². The summed E-state index contributed by atoms with van der Waals surface area (Å²) in [5, 5.41) is 12.0. The Morgan fingerprint density at radius 3 is 1.78 bits per heavy atom. The Kier molecular flexibility index (Phi) is 3.82. The van der Waals surface area contributed by atoms with E-state index in [1.54, 1.807) is 7.05 Å². The van der Waals surface area contributed by atoms with Gasteiger partial charge in [0.05, 0.1) is 0 Å². The highest BCUT2D eigenvalue weighted by Crippen LogP contribution is 2.11.